The van der Waals surface area contributed by atoms with E-state index in [4.69, 9.17) is 14.6 Å². The van der Waals surface area contributed by atoms with Gasteiger partial charge in [0.05, 0.1) is 12.2 Å². The molecule has 8 heteroatoms. The number of carbonyl (C=O) groups excluding carboxylic acids is 1. The zero-order valence-corrected chi connectivity index (χ0v) is 22.2. The van der Waals surface area contributed by atoms with Crippen LogP contribution in [-0.2, 0) is 16.1 Å². The van der Waals surface area contributed by atoms with Crippen molar-refractivity contribution >= 4 is 23.7 Å². The van der Waals surface area contributed by atoms with Gasteiger partial charge in [0.25, 0.3) is 0 Å². The van der Waals surface area contributed by atoms with Crippen LogP contribution in [0.3, 0.4) is 0 Å². The van der Waals surface area contributed by atoms with Gasteiger partial charge in [0, 0.05) is 11.4 Å². The molecule has 0 radical (unpaired) electrons. The molecule has 2 heterocycles. The van der Waals surface area contributed by atoms with Gasteiger partial charge in [0.15, 0.2) is 0 Å². The van der Waals surface area contributed by atoms with Gasteiger partial charge in [0.1, 0.15) is 18.4 Å². The fraction of sp³-hybridized carbons (Fsp3) is 0.393. The van der Waals surface area contributed by atoms with Gasteiger partial charge >= 0.3 is 5.97 Å². The number of hydrogen-bond donors (Lipinski definition) is 1. The highest BCUT2D eigenvalue weighted by atomic mass is 32.2. The maximum absolute atomic E-state index is 13.2. The molecule has 0 saturated carbocycles. The molecule has 36 heavy (non-hydrogen) atoms. The number of carbonyl (C=O) groups is 1. The lowest BCUT2D eigenvalue weighted by Gasteiger charge is -2.28. The molecule has 0 spiro atoms. The number of rotatable bonds is 11. The third kappa shape index (κ3) is 6.10. The molecule has 0 bridgehead atoms. The van der Waals surface area contributed by atoms with E-state index in [2.05, 4.69) is 55.3 Å². The summed E-state index contributed by atoms with van der Waals surface area (Å²) < 4.78 is 13.4. The van der Waals surface area contributed by atoms with E-state index in [-0.39, 0.29) is 5.97 Å². The van der Waals surface area contributed by atoms with Crippen molar-refractivity contribution in [2.24, 2.45) is 0 Å². The lowest BCUT2D eigenvalue weighted by Crippen LogP contribution is -2.29. The van der Waals surface area contributed by atoms with Crippen molar-refractivity contribution in [3.63, 3.8) is 0 Å². The average Bonchev–Trinajstić information content (AvgIpc) is 3.29. The molecule has 1 unspecified atom stereocenters. The van der Waals surface area contributed by atoms with Gasteiger partial charge in [-0.25, -0.2) is 9.48 Å². The van der Waals surface area contributed by atoms with Crippen LogP contribution < -0.4 is 10.1 Å². The molecule has 4 rings (SSSR count). The highest BCUT2D eigenvalue weighted by Gasteiger charge is 2.35. The maximum atomic E-state index is 13.2. The van der Waals surface area contributed by atoms with Crippen LogP contribution in [0.1, 0.15) is 62.8 Å². The number of anilines is 1. The number of benzene rings is 2. The first-order valence-corrected chi connectivity index (χ1v) is 13.5. The van der Waals surface area contributed by atoms with E-state index in [9.17, 15) is 4.79 Å². The zero-order valence-electron chi connectivity index (χ0n) is 21.4. The first kappa shape index (κ1) is 25.8. The second kappa shape index (κ2) is 12.1. The Hall–Kier alpha value is -3.26. The highest BCUT2D eigenvalue weighted by Crippen LogP contribution is 2.37. The zero-order chi connectivity index (χ0) is 25.5. The molecule has 7 nitrogen and oxygen atoms in total. The van der Waals surface area contributed by atoms with Crippen molar-refractivity contribution in [2.75, 3.05) is 17.7 Å². The molecule has 3 aromatic rings. The van der Waals surface area contributed by atoms with Crippen LogP contribution >= 0.6 is 11.8 Å². The van der Waals surface area contributed by atoms with Crippen molar-refractivity contribution in [1.82, 2.24) is 14.8 Å². The van der Waals surface area contributed by atoms with E-state index in [1.54, 1.807) is 16.4 Å². The van der Waals surface area contributed by atoms with Crippen LogP contribution in [0.15, 0.2) is 65.0 Å². The Morgan fingerprint density at radius 2 is 1.81 bits per heavy atom. The topological polar surface area (TPSA) is 78.3 Å². The molecular weight excluding hydrogens is 472 g/mol. The van der Waals surface area contributed by atoms with Gasteiger partial charge in [0.2, 0.25) is 11.1 Å². The highest BCUT2D eigenvalue weighted by molar-refractivity contribution is 7.99. The second-order valence-corrected chi connectivity index (χ2v) is 9.97. The van der Waals surface area contributed by atoms with E-state index in [1.807, 2.05) is 31.2 Å². The number of ether oxygens (including phenoxy) is 2. The summed E-state index contributed by atoms with van der Waals surface area (Å²) in [5.74, 6) is 1.99. The molecule has 0 amide bonds. The summed E-state index contributed by atoms with van der Waals surface area (Å²) in [5.41, 5.74) is 4.53. The summed E-state index contributed by atoms with van der Waals surface area (Å²) in [6.07, 6.45) is 2.82. The molecule has 0 aliphatic carbocycles. The van der Waals surface area contributed by atoms with Crippen LogP contribution in [0.5, 0.6) is 5.75 Å². The predicted octanol–water partition coefficient (Wildman–Crippen LogP) is 6.30. The third-order valence-electron chi connectivity index (χ3n) is 5.94. The molecule has 1 N–H and O–H groups in total. The fourth-order valence-corrected chi connectivity index (χ4v) is 4.63. The summed E-state index contributed by atoms with van der Waals surface area (Å²) in [4.78, 5) is 17.9. The van der Waals surface area contributed by atoms with Gasteiger partial charge in [-0.15, -0.1) is 5.10 Å². The summed E-state index contributed by atoms with van der Waals surface area (Å²) in [7, 11) is 0. The normalized spacial score (nSPS) is 14.8. The number of fused-ring (bicyclic) bond motifs is 1. The Kier molecular flexibility index (Phi) is 8.70. The van der Waals surface area contributed by atoms with E-state index < -0.39 is 6.04 Å². The number of hydrogen-bond acceptors (Lipinski definition) is 7. The van der Waals surface area contributed by atoms with Crippen LogP contribution in [0.4, 0.5) is 5.95 Å². The smallest absolute Gasteiger partial charge is 0.338 e. The van der Waals surface area contributed by atoms with Crippen LogP contribution in [-0.4, -0.2) is 33.1 Å². The molecule has 1 atom stereocenters. The van der Waals surface area contributed by atoms with E-state index >= 15 is 0 Å². The van der Waals surface area contributed by atoms with E-state index in [1.165, 1.54) is 5.56 Å². The first-order valence-electron chi connectivity index (χ1n) is 12.5. The largest absolute Gasteiger partial charge is 0.489 e. The van der Waals surface area contributed by atoms with Crippen molar-refractivity contribution in [3.05, 3.63) is 76.5 Å². The minimum absolute atomic E-state index is 0.331. The monoisotopic (exact) mass is 506 g/mol. The molecular formula is C28H34N4O3S. The summed E-state index contributed by atoms with van der Waals surface area (Å²) in [6.45, 7) is 9.05. The number of aromatic nitrogens is 3. The SMILES string of the molecule is CCCCOC(=O)C1=C(C)Nc2nc(SCCC)nn2C1c1ccc(OCc2ccc(C)cc2)cc1. The minimum atomic E-state index is -0.440. The quantitative estimate of drug-likeness (QED) is 0.186. The van der Waals surface area contributed by atoms with E-state index in [0.717, 1.165) is 47.6 Å². The summed E-state index contributed by atoms with van der Waals surface area (Å²) >= 11 is 1.61. The summed E-state index contributed by atoms with van der Waals surface area (Å²) in [6, 6.07) is 15.7. The van der Waals surface area contributed by atoms with Gasteiger partial charge < -0.3 is 14.8 Å². The standard InChI is InChI=1S/C28H34N4O3S/c1-5-7-16-34-26(33)24-20(4)29-27-30-28(36-17-6-2)31-32(27)25(24)22-12-14-23(15-13-22)35-18-21-10-8-19(3)9-11-21/h8-15,25H,5-7,16-18H2,1-4H3,(H,29,30,31). The number of thioether (sulfide) groups is 1. The third-order valence-corrected chi connectivity index (χ3v) is 6.98. The molecule has 0 fully saturated rings. The van der Waals surface area contributed by atoms with Gasteiger partial charge in [-0.3, -0.25) is 0 Å². The van der Waals surface area contributed by atoms with Gasteiger partial charge in [-0.1, -0.05) is 74.0 Å². The number of esters is 1. The minimum Gasteiger partial charge on any atom is -0.489 e. The molecule has 2 aromatic carbocycles. The van der Waals surface area contributed by atoms with E-state index in [0.29, 0.717) is 29.9 Å². The van der Waals surface area contributed by atoms with Crippen LogP contribution in [0, 0.1) is 6.92 Å². The lowest BCUT2D eigenvalue weighted by atomic mass is 9.96. The number of allylic oxidation sites excluding steroid dienone is 1. The Balaban J connectivity index is 1.60. The Bertz CT molecular complexity index is 1200. The second-order valence-electron chi connectivity index (χ2n) is 8.91. The number of nitrogens with zero attached hydrogens (tertiary/aromatic N) is 3. The molecule has 1 aliphatic rings. The van der Waals surface area contributed by atoms with Crippen LogP contribution in [0.25, 0.3) is 0 Å². The fourth-order valence-electron chi connectivity index (χ4n) is 3.94. The molecule has 190 valence electrons. The molecule has 0 saturated heterocycles. The van der Waals surface area contributed by atoms with Crippen molar-refractivity contribution in [2.45, 2.75) is 64.8 Å². The first-order chi connectivity index (χ1) is 17.5. The van der Waals surface area contributed by atoms with Gasteiger partial charge in [-0.2, -0.15) is 4.98 Å². The Morgan fingerprint density at radius 3 is 2.50 bits per heavy atom. The maximum Gasteiger partial charge on any atom is 0.338 e. The van der Waals surface area contributed by atoms with Crippen molar-refractivity contribution < 1.29 is 14.3 Å². The van der Waals surface area contributed by atoms with Crippen molar-refractivity contribution in [1.29, 1.82) is 0 Å². The molecule has 1 aromatic heterocycles. The van der Waals surface area contributed by atoms with Crippen LogP contribution in [0.2, 0.25) is 0 Å². The predicted molar refractivity (Wildman–Crippen MR) is 143 cm³/mol. The summed E-state index contributed by atoms with van der Waals surface area (Å²) in [5, 5.41) is 8.70. The average molecular weight is 507 g/mol. The number of unbranched alkanes of at least 4 members (excludes halogenated alkanes) is 1. The molecule has 1 aliphatic heterocycles. The van der Waals surface area contributed by atoms with Gasteiger partial charge in [-0.05, 0) is 49.9 Å². The number of nitrogens with one attached hydrogen (secondary N) is 1. The Morgan fingerprint density at radius 1 is 1.06 bits per heavy atom. The Labute approximate surface area is 217 Å². The lowest BCUT2D eigenvalue weighted by molar-refractivity contribution is -0.139. The number of aryl methyl sites for hydroxylation is 1. The van der Waals surface area contributed by atoms with Crippen molar-refractivity contribution in [3.8, 4) is 5.75 Å².